The topological polar surface area (TPSA) is 67.9 Å². The maximum absolute atomic E-state index is 13.5. The number of hydrazine groups is 1. The van der Waals surface area contributed by atoms with E-state index in [1.807, 2.05) is 19.1 Å². The number of thioether (sulfide) groups is 1. The molecule has 1 N–H and O–H groups in total. The number of thiocarbonyl (C=S) groups is 1. The predicted octanol–water partition coefficient (Wildman–Crippen LogP) is 5.86. The van der Waals surface area contributed by atoms with Gasteiger partial charge in [0.1, 0.15) is 6.61 Å². The van der Waals surface area contributed by atoms with Gasteiger partial charge in [0.25, 0.3) is 5.91 Å². The van der Waals surface area contributed by atoms with Crippen LogP contribution in [0.15, 0.2) is 34.2 Å². The smallest absolute Gasteiger partial charge is 0.285 e. The molecule has 1 heterocycles. The van der Waals surface area contributed by atoms with E-state index in [-0.39, 0.29) is 17.2 Å². The van der Waals surface area contributed by atoms with Gasteiger partial charge in [-0.25, -0.2) is 0 Å². The Kier molecular flexibility index (Phi) is 7.03. The van der Waals surface area contributed by atoms with Crippen molar-refractivity contribution in [1.29, 1.82) is 0 Å². The number of rotatable bonds is 8. The first kappa shape index (κ1) is 24.8. The highest BCUT2D eigenvalue weighted by Crippen LogP contribution is 2.60. The molecule has 0 unspecified atom stereocenters. The lowest BCUT2D eigenvalue weighted by Crippen LogP contribution is -2.57. The normalized spacial score (nSPS) is 30.2. The van der Waals surface area contributed by atoms with Crippen LogP contribution in [-0.4, -0.2) is 34.4 Å². The van der Waals surface area contributed by atoms with Crippen LogP contribution in [0.5, 0.6) is 11.5 Å². The Morgan fingerprint density at radius 1 is 1.26 bits per heavy atom. The van der Waals surface area contributed by atoms with Gasteiger partial charge in [-0.15, -0.1) is 0 Å². The van der Waals surface area contributed by atoms with Crippen molar-refractivity contribution in [3.05, 3.63) is 39.7 Å². The van der Waals surface area contributed by atoms with Crippen LogP contribution in [0.3, 0.4) is 0 Å². The number of carbonyl (C=O) groups is 2. The summed E-state index contributed by atoms with van der Waals surface area (Å²) in [6.07, 6.45) is 10.0. The number of amides is 2. The van der Waals surface area contributed by atoms with Crippen LogP contribution < -0.4 is 14.9 Å². The molecule has 9 heteroatoms. The van der Waals surface area contributed by atoms with Gasteiger partial charge in [-0.1, -0.05) is 24.4 Å². The van der Waals surface area contributed by atoms with Crippen molar-refractivity contribution in [1.82, 2.24) is 10.4 Å². The van der Waals surface area contributed by atoms with E-state index in [4.69, 9.17) is 21.7 Å². The Morgan fingerprint density at radius 2 is 1.91 bits per heavy atom. The van der Waals surface area contributed by atoms with Crippen molar-refractivity contribution < 1.29 is 19.1 Å². The SMILES string of the molecule is C=CCOc1c(Br)cc(/C=C2/SC(=S)N(NC(=O)C34CC5CC(CC(C5)C3)C4)C2=O)cc1OCC. The van der Waals surface area contributed by atoms with E-state index in [2.05, 4.69) is 27.9 Å². The molecule has 1 aromatic carbocycles. The van der Waals surface area contributed by atoms with E-state index < -0.39 is 0 Å². The van der Waals surface area contributed by atoms with Crippen LogP contribution in [0.2, 0.25) is 0 Å². The maximum atomic E-state index is 13.5. The summed E-state index contributed by atoms with van der Waals surface area (Å²) in [5.41, 5.74) is 3.32. The monoisotopic (exact) mass is 576 g/mol. The molecule has 1 aromatic rings. The summed E-state index contributed by atoms with van der Waals surface area (Å²) in [6.45, 7) is 6.40. The summed E-state index contributed by atoms with van der Waals surface area (Å²) >= 11 is 10.2. The van der Waals surface area contributed by atoms with Crippen molar-refractivity contribution in [2.45, 2.75) is 45.4 Å². The van der Waals surface area contributed by atoms with Crippen LogP contribution in [0.25, 0.3) is 6.08 Å². The number of benzene rings is 1. The lowest BCUT2D eigenvalue weighted by Gasteiger charge is -2.55. The van der Waals surface area contributed by atoms with Crippen molar-refractivity contribution in [3.63, 3.8) is 0 Å². The van der Waals surface area contributed by atoms with E-state index in [9.17, 15) is 9.59 Å². The molecular weight excluding hydrogens is 548 g/mol. The van der Waals surface area contributed by atoms with Crippen molar-refractivity contribution in [2.75, 3.05) is 13.2 Å². The molecule has 4 bridgehead atoms. The van der Waals surface area contributed by atoms with Gasteiger partial charge in [0.2, 0.25) is 5.91 Å². The van der Waals surface area contributed by atoms with E-state index in [0.29, 0.717) is 56.2 Å². The number of hydrogen-bond donors (Lipinski definition) is 1. The Hall–Kier alpha value is -1.84. The zero-order chi connectivity index (χ0) is 24.7. The van der Waals surface area contributed by atoms with E-state index in [1.54, 1.807) is 12.2 Å². The molecule has 6 rings (SSSR count). The molecule has 0 atom stereocenters. The van der Waals surface area contributed by atoms with Crippen molar-refractivity contribution in [2.24, 2.45) is 23.2 Å². The van der Waals surface area contributed by atoms with Gasteiger partial charge in [-0.2, -0.15) is 5.01 Å². The second-order valence-electron chi connectivity index (χ2n) is 10.0. The first-order chi connectivity index (χ1) is 16.8. The number of carbonyl (C=O) groups excluding carboxylic acids is 2. The molecule has 4 saturated carbocycles. The average Bonchev–Trinajstić information content (AvgIpc) is 3.05. The zero-order valence-electron chi connectivity index (χ0n) is 19.7. The third-order valence-electron chi connectivity index (χ3n) is 7.50. The molecule has 4 aliphatic carbocycles. The Morgan fingerprint density at radius 3 is 2.51 bits per heavy atom. The summed E-state index contributed by atoms with van der Waals surface area (Å²) in [6, 6.07) is 3.69. The molecule has 1 aliphatic heterocycles. The fourth-order valence-electron chi connectivity index (χ4n) is 6.54. The second kappa shape index (κ2) is 9.90. The van der Waals surface area contributed by atoms with Gasteiger partial charge in [-0.3, -0.25) is 15.0 Å². The third-order valence-corrected chi connectivity index (χ3v) is 9.39. The summed E-state index contributed by atoms with van der Waals surface area (Å²) in [5, 5.41) is 1.26. The fraction of sp³-hybridized carbons (Fsp3) is 0.500. The van der Waals surface area contributed by atoms with Crippen molar-refractivity contribution in [3.8, 4) is 11.5 Å². The molecule has 0 aromatic heterocycles. The Balaban J connectivity index is 1.34. The highest BCUT2D eigenvalue weighted by molar-refractivity contribution is 9.10. The summed E-state index contributed by atoms with van der Waals surface area (Å²) in [5.74, 6) is 2.75. The highest BCUT2D eigenvalue weighted by atomic mass is 79.9. The lowest BCUT2D eigenvalue weighted by molar-refractivity contribution is -0.152. The van der Waals surface area contributed by atoms with Crippen LogP contribution in [0.1, 0.15) is 51.0 Å². The quantitative estimate of drug-likeness (QED) is 0.237. The number of hydrogen-bond acceptors (Lipinski definition) is 6. The molecule has 35 heavy (non-hydrogen) atoms. The minimum atomic E-state index is -0.347. The highest BCUT2D eigenvalue weighted by Gasteiger charge is 2.55. The van der Waals surface area contributed by atoms with E-state index in [0.717, 1.165) is 24.8 Å². The average molecular weight is 578 g/mol. The minimum Gasteiger partial charge on any atom is -0.490 e. The largest absolute Gasteiger partial charge is 0.490 e. The van der Waals surface area contributed by atoms with Crippen LogP contribution >= 0.6 is 39.9 Å². The van der Waals surface area contributed by atoms with Gasteiger partial charge in [0.15, 0.2) is 15.8 Å². The molecular formula is C26H29BrN2O4S2. The van der Waals surface area contributed by atoms with Gasteiger partial charge in [0.05, 0.1) is 21.4 Å². The molecule has 0 radical (unpaired) electrons. The number of halogens is 1. The summed E-state index contributed by atoms with van der Waals surface area (Å²) in [7, 11) is 0. The number of nitrogens with one attached hydrogen (secondary N) is 1. The first-order valence-corrected chi connectivity index (χ1v) is 14.1. The Labute approximate surface area is 224 Å². The molecule has 0 spiro atoms. The number of ether oxygens (including phenoxy) is 2. The van der Waals surface area contributed by atoms with Gasteiger partial charge in [-0.05, 0) is 115 Å². The van der Waals surface area contributed by atoms with Crippen molar-refractivity contribution >= 4 is 62.1 Å². The van der Waals surface area contributed by atoms with Gasteiger partial charge in [0, 0.05) is 0 Å². The Bertz CT molecular complexity index is 1080. The van der Waals surface area contributed by atoms with Gasteiger partial charge < -0.3 is 9.47 Å². The molecule has 5 fully saturated rings. The van der Waals surface area contributed by atoms with Crippen LogP contribution in [0.4, 0.5) is 0 Å². The maximum Gasteiger partial charge on any atom is 0.285 e. The predicted molar refractivity (Wildman–Crippen MR) is 145 cm³/mol. The minimum absolute atomic E-state index is 0.0424. The molecule has 6 nitrogen and oxygen atoms in total. The third kappa shape index (κ3) is 4.79. The molecule has 2 amide bonds. The standard InChI is InChI=1S/C26H29BrN2O4S2/c1-3-5-33-22-19(27)9-15(10-20(22)32-4-2)11-21-23(30)29(25(34)35-21)28-24(31)26-12-16-6-17(13-26)8-18(7-16)14-26/h3,9-11,16-18H,1,4-8,12-14H2,2H3,(H,28,31)/b21-11+. The van der Waals surface area contributed by atoms with E-state index >= 15 is 0 Å². The molecule has 1 saturated heterocycles. The molecule has 186 valence electrons. The fourth-order valence-corrected chi connectivity index (χ4v) is 8.29. The summed E-state index contributed by atoms with van der Waals surface area (Å²) < 4.78 is 12.5. The van der Waals surface area contributed by atoms with Gasteiger partial charge >= 0.3 is 0 Å². The van der Waals surface area contributed by atoms with E-state index in [1.165, 1.54) is 36.0 Å². The number of nitrogens with zero attached hydrogens (tertiary/aromatic N) is 1. The summed E-state index contributed by atoms with van der Waals surface area (Å²) in [4.78, 5) is 27.2. The van der Waals surface area contributed by atoms with Crippen LogP contribution in [-0.2, 0) is 9.59 Å². The first-order valence-electron chi connectivity index (χ1n) is 12.1. The molecule has 5 aliphatic rings. The van der Waals surface area contributed by atoms with Crippen LogP contribution in [0, 0.1) is 23.2 Å². The second-order valence-corrected chi connectivity index (χ2v) is 12.5. The zero-order valence-corrected chi connectivity index (χ0v) is 22.9. The lowest BCUT2D eigenvalue weighted by atomic mass is 9.49.